The zero-order valence-electron chi connectivity index (χ0n) is 17.5. The van der Waals surface area contributed by atoms with Crippen LogP contribution in [0.15, 0.2) is 48.5 Å². The maximum Gasteiger partial charge on any atom is 0.310 e. The highest BCUT2D eigenvalue weighted by Gasteiger charge is 2.20. The zero-order chi connectivity index (χ0) is 22.3. The summed E-state index contributed by atoms with van der Waals surface area (Å²) in [5.74, 6) is -1.28. The molecule has 0 bridgehead atoms. The van der Waals surface area contributed by atoms with E-state index >= 15 is 0 Å². The molecule has 0 spiro atoms. The minimum absolute atomic E-state index is 0.0120. The Bertz CT molecular complexity index is 918. The van der Waals surface area contributed by atoms with Crippen LogP contribution in [0, 0.1) is 5.92 Å². The van der Waals surface area contributed by atoms with E-state index in [1.165, 1.54) is 13.8 Å². The predicted octanol–water partition coefficient (Wildman–Crippen LogP) is 3.60. The molecular weight excluding hydrogens is 384 g/mol. The van der Waals surface area contributed by atoms with Crippen LogP contribution in [0.3, 0.4) is 0 Å². The van der Waals surface area contributed by atoms with E-state index in [9.17, 15) is 19.2 Å². The number of esters is 1. The molecule has 0 radical (unpaired) electrons. The van der Waals surface area contributed by atoms with Gasteiger partial charge in [-0.1, -0.05) is 26.0 Å². The molecule has 2 rings (SSSR count). The Hall–Kier alpha value is -3.48. The monoisotopic (exact) mass is 410 g/mol. The minimum atomic E-state index is -0.938. The van der Waals surface area contributed by atoms with Crippen LogP contribution >= 0.6 is 0 Å². The Balaban J connectivity index is 1.90. The fourth-order valence-corrected chi connectivity index (χ4v) is 2.61. The molecule has 0 aromatic heterocycles. The fourth-order valence-electron chi connectivity index (χ4n) is 2.61. The second-order valence-corrected chi connectivity index (χ2v) is 7.27. The van der Waals surface area contributed by atoms with Crippen LogP contribution in [0.2, 0.25) is 0 Å². The van der Waals surface area contributed by atoms with Gasteiger partial charge in [0.25, 0.3) is 0 Å². The van der Waals surface area contributed by atoms with E-state index in [0.29, 0.717) is 22.5 Å². The van der Waals surface area contributed by atoms with E-state index in [1.807, 2.05) is 0 Å². The van der Waals surface area contributed by atoms with Crippen molar-refractivity contribution in [1.82, 2.24) is 0 Å². The van der Waals surface area contributed by atoms with Crippen molar-refractivity contribution in [3.63, 3.8) is 0 Å². The van der Waals surface area contributed by atoms with Gasteiger partial charge >= 0.3 is 5.97 Å². The summed E-state index contributed by atoms with van der Waals surface area (Å²) in [5, 5.41) is 5.40. The highest BCUT2D eigenvalue weighted by atomic mass is 16.5. The number of ketones is 1. The molecule has 1 atom stereocenters. The van der Waals surface area contributed by atoms with Crippen molar-refractivity contribution < 1.29 is 23.9 Å². The third-order valence-electron chi connectivity index (χ3n) is 4.26. The topological polar surface area (TPSA) is 102 Å². The number of amides is 2. The van der Waals surface area contributed by atoms with Crippen LogP contribution < -0.4 is 10.6 Å². The van der Waals surface area contributed by atoms with Crippen LogP contribution in [-0.2, 0) is 25.5 Å². The van der Waals surface area contributed by atoms with E-state index in [2.05, 4.69) is 10.6 Å². The normalized spacial score (nSPS) is 11.5. The molecule has 0 saturated carbocycles. The summed E-state index contributed by atoms with van der Waals surface area (Å²) >= 11 is 0. The Morgan fingerprint density at radius 1 is 0.833 bits per heavy atom. The molecule has 0 aliphatic carbocycles. The molecule has 2 aromatic rings. The van der Waals surface area contributed by atoms with Gasteiger partial charge in [0.1, 0.15) is 0 Å². The molecular formula is C23H26N2O5. The van der Waals surface area contributed by atoms with Gasteiger partial charge in [-0.25, -0.2) is 0 Å². The van der Waals surface area contributed by atoms with Gasteiger partial charge in [0.05, 0.1) is 6.42 Å². The van der Waals surface area contributed by atoms with Crippen molar-refractivity contribution in [2.45, 2.75) is 40.2 Å². The lowest BCUT2D eigenvalue weighted by Gasteiger charge is -2.13. The number of Topliss-reactive ketones (excluding diaryl/α,β-unsaturated/α-hetero) is 1. The third kappa shape index (κ3) is 6.84. The molecule has 158 valence electrons. The van der Waals surface area contributed by atoms with Crippen molar-refractivity contribution in [2.24, 2.45) is 5.92 Å². The van der Waals surface area contributed by atoms with Crippen LogP contribution in [0.25, 0.3) is 0 Å². The number of nitrogens with one attached hydrogen (secondary N) is 2. The number of carbonyl (C=O) groups excluding carboxylic acids is 4. The van der Waals surface area contributed by atoms with E-state index in [0.717, 1.165) is 0 Å². The zero-order valence-corrected chi connectivity index (χ0v) is 17.5. The smallest absolute Gasteiger partial charge is 0.310 e. The average Bonchev–Trinajstić information content (AvgIpc) is 2.69. The summed E-state index contributed by atoms with van der Waals surface area (Å²) in [6, 6.07) is 13.3. The Labute approximate surface area is 175 Å². The average molecular weight is 410 g/mol. The van der Waals surface area contributed by atoms with Crippen LogP contribution in [0.5, 0.6) is 0 Å². The Morgan fingerprint density at radius 2 is 1.37 bits per heavy atom. The van der Waals surface area contributed by atoms with Gasteiger partial charge in [0.2, 0.25) is 17.6 Å². The van der Waals surface area contributed by atoms with Crippen LogP contribution in [0.1, 0.15) is 43.6 Å². The highest BCUT2D eigenvalue weighted by molar-refractivity contribution is 6.01. The van der Waals surface area contributed by atoms with Gasteiger partial charge in [-0.2, -0.15) is 0 Å². The maximum atomic E-state index is 12.5. The first-order valence-corrected chi connectivity index (χ1v) is 9.67. The first-order chi connectivity index (χ1) is 14.2. The molecule has 7 heteroatoms. The second-order valence-electron chi connectivity index (χ2n) is 7.27. The summed E-state index contributed by atoms with van der Waals surface area (Å²) in [6.07, 6.45) is -0.926. The number of benzene rings is 2. The highest BCUT2D eigenvalue weighted by Crippen LogP contribution is 2.15. The molecule has 0 unspecified atom stereocenters. The van der Waals surface area contributed by atoms with Gasteiger partial charge in [-0.05, 0) is 48.9 Å². The van der Waals surface area contributed by atoms with E-state index in [1.54, 1.807) is 62.4 Å². The molecule has 2 aromatic carbocycles. The molecule has 2 N–H and O–H groups in total. The number of carbonyl (C=O) groups is 4. The molecule has 2 amide bonds. The number of rotatable bonds is 8. The van der Waals surface area contributed by atoms with Crippen LogP contribution in [-0.4, -0.2) is 29.7 Å². The Kier molecular flexibility index (Phi) is 7.86. The molecule has 0 fully saturated rings. The van der Waals surface area contributed by atoms with Crippen molar-refractivity contribution in [3.05, 3.63) is 59.7 Å². The number of ether oxygens (including phenoxy) is 1. The quantitative estimate of drug-likeness (QED) is 0.511. The molecule has 0 aliphatic heterocycles. The third-order valence-corrected chi connectivity index (χ3v) is 4.26. The van der Waals surface area contributed by atoms with Crippen molar-refractivity contribution in [2.75, 3.05) is 10.6 Å². The lowest BCUT2D eigenvalue weighted by atomic mass is 10.1. The van der Waals surface area contributed by atoms with Gasteiger partial charge in [-0.3, -0.25) is 19.2 Å². The predicted molar refractivity (Wildman–Crippen MR) is 114 cm³/mol. The fraction of sp³-hybridized carbons (Fsp3) is 0.304. The van der Waals surface area contributed by atoms with E-state index in [4.69, 9.17) is 4.74 Å². The summed E-state index contributed by atoms with van der Waals surface area (Å²) in [4.78, 5) is 47.4. The van der Waals surface area contributed by atoms with Crippen molar-refractivity contribution in [3.8, 4) is 0 Å². The molecule has 30 heavy (non-hydrogen) atoms. The molecule has 0 aliphatic rings. The molecule has 0 saturated heterocycles. The lowest BCUT2D eigenvalue weighted by molar-refractivity contribution is -0.145. The van der Waals surface area contributed by atoms with Gasteiger partial charge in [0.15, 0.2) is 6.10 Å². The van der Waals surface area contributed by atoms with E-state index < -0.39 is 12.1 Å². The molecule has 7 nitrogen and oxygen atoms in total. The standard InChI is InChI=1S/C23H26N2O5/c1-14(2)23(29)25-20-11-7-18(8-12-20)22(28)15(3)30-21(27)13-17-5-9-19(10-6-17)24-16(4)26/h5-12,14-15H,13H2,1-4H3,(H,24,26)(H,25,29)/t15-/m1/s1. The van der Waals surface area contributed by atoms with Gasteiger partial charge in [0, 0.05) is 29.8 Å². The number of anilines is 2. The second kappa shape index (κ2) is 10.3. The maximum absolute atomic E-state index is 12.5. The number of hydrogen-bond acceptors (Lipinski definition) is 5. The van der Waals surface area contributed by atoms with Crippen LogP contribution in [0.4, 0.5) is 11.4 Å². The lowest BCUT2D eigenvalue weighted by Crippen LogP contribution is -2.25. The van der Waals surface area contributed by atoms with Gasteiger partial charge < -0.3 is 15.4 Å². The minimum Gasteiger partial charge on any atom is -0.454 e. The summed E-state index contributed by atoms with van der Waals surface area (Å²) < 4.78 is 5.26. The Morgan fingerprint density at radius 3 is 1.90 bits per heavy atom. The molecule has 0 heterocycles. The van der Waals surface area contributed by atoms with Crippen molar-refractivity contribution in [1.29, 1.82) is 0 Å². The summed E-state index contributed by atoms with van der Waals surface area (Å²) in [5.41, 5.74) is 2.32. The SMILES string of the molecule is CC(=O)Nc1ccc(CC(=O)O[C@H](C)C(=O)c2ccc(NC(=O)C(C)C)cc2)cc1. The summed E-state index contributed by atoms with van der Waals surface area (Å²) in [6.45, 7) is 6.52. The largest absolute Gasteiger partial charge is 0.454 e. The van der Waals surface area contributed by atoms with E-state index in [-0.39, 0.29) is 29.9 Å². The first-order valence-electron chi connectivity index (χ1n) is 9.67. The summed E-state index contributed by atoms with van der Waals surface area (Å²) in [7, 11) is 0. The number of hydrogen-bond donors (Lipinski definition) is 2. The van der Waals surface area contributed by atoms with Crippen molar-refractivity contribution >= 4 is 34.9 Å². The first kappa shape index (κ1) is 22.8. The van der Waals surface area contributed by atoms with Gasteiger partial charge in [-0.15, -0.1) is 0 Å².